The van der Waals surface area contributed by atoms with Crippen LogP contribution in [0.1, 0.15) is 47.4 Å². The maximum Gasteiger partial charge on any atom is 0.0681 e. The minimum Gasteiger partial charge on any atom is -0.144 e. The van der Waals surface area contributed by atoms with E-state index >= 15 is 0 Å². The van der Waals surface area contributed by atoms with Gasteiger partial charge in [-0.2, -0.15) is 0 Å². The number of rotatable bonds is 4. The van der Waals surface area contributed by atoms with Gasteiger partial charge in [-0.15, -0.1) is 22.9 Å². The van der Waals surface area contributed by atoms with Crippen molar-refractivity contribution in [3.8, 4) is 0 Å². The average Bonchev–Trinajstić information content (AvgIpc) is 2.41. The van der Waals surface area contributed by atoms with Gasteiger partial charge >= 0.3 is 0 Å². The fraction of sp³-hybridized carbons (Fsp3) is 0.667. The number of alkyl halides is 1. The van der Waals surface area contributed by atoms with Crippen LogP contribution in [-0.2, 0) is 0 Å². The van der Waals surface area contributed by atoms with Gasteiger partial charge in [-0.1, -0.05) is 13.8 Å². The van der Waals surface area contributed by atoms with E-state index in [4.69, 9.17) is 11.6 Å². The number of aryl methyl sites for hydroxylation is 2. The molecule has 2 heteroatoms. The second kappa shape index (κ2) is 5.18. The highest BCUT2D eigenvalue weighted by molar-refractivity contribution is 7.12. The molecule has 80 valence electrons. The second-order valence-corrected chi connectivity index (χ2v) is 6.16. The van der Waals surface area contributed by atoms with Crippen molar-refractivity contribution in [2.75, 3.05) is 0 Å². The summed E-state index contributed by atoms with van der Waals surface area (Å²) in [6.45, 7) is 8.79. The van der Waals surface area contributed by atoms with Crippen LogP contribution in [-0.4, -0.2) is 0 Å². The summed E-state index contributed by atoms with van der Waals surface area (Å²) in [5, 5.41) is 0.219. The molecule has 14 heavy (non-hydrogen) atoms. The summed E-state index contributed by atoms with van der Waals surface area (Å²) in [4.78, 5) is 2.73. The molecule has 1 atom stereocenters. The van der Waals surface area contributed by atoms with E-state index in [9.17, 15) is 0 Å². The van der Waals surface area contributed by atoms with Crippen molar-refractivity contribution < 1.29 is 0 Å². The molecule has 0 aliphatic carbocycles. The molecular formula is C12H19ClS. The zero-order valence-corrected chi connectivity index (χ0v) is 11.0. The molecule has 0 fully saturated rings. The van der Waals surface area contributed by atoms with Crippen molar-refractivity contribution >= 4 is 22.9 Å². The molecule has 1 unspecified atom stereocenters. The first-order chi connectivity index (χ1) is 6.50. The Balaban J connectivity index is 2.60. The highest BCUT2D eigenvalue weighted by Gasteiger charge is 2.13. The van der Waals surface area contributed by atoms with Gasteiger partial charge in [0.25, 0.3) is 0 Å². The predicted octanol–water partition coefficient (Wildman–Crippen LogP) is 5.08. The smallest absolute Gasteiger partial charge is 0.0681 e. The highest BCUT2D eigenvalue weighted by atomic mass is 35.5. The Morgan fingerprint density at radius 3 is 2.36 bits per heavy atom. The summed E-state index contributed by atoms with van der Waals surface area (Å²) in [7, 11) is 0. The molecule has 0 amide bonds. The summed E-state index contributed by atoms with van der Waals surface area (Å²) in [5.74, 6) is 0.748. The Labute approximate surface area is 96.3 Å². The molecule has 0 saturated carbocycles. The third kappa shape index (κ3) is 3.29. The normalized spacial score (nSPS) is 13.6. The van der Waals surface area contributed by atoms with Gasteiger partial charge in [-0.25, -0.2) is 0 Å². The fourth-order valence-corrected chi connectivity index (χ4v) is 3.06. The quantitative estimate of drug-likeness (QED) is 0.633. The lowest BCUT2D eigenvalue weighted by Gasteiger charge is -2.10. The monoisotopic (exact) mass is 230 g/mol. The van der Waals surface area contributed by atoms with Crippen LogP contribution in [0.25, 0.3) is 0 Å². The second-order valence-electron chi connectivity index (χ2n) is 4.34. The average molecular weight is 231 g/mol. The number of thiophene rings is 1. The van der Waals surface area contributed by atoms with E-state index < -0.39 is 0 Å². The lowest BCUT2D eigenvalue weighted by molar-refractivity contribution is 0.550. The fourth-order valence-electron chi connectivity index (χ4n) is 1.58. The van der Waals surface area contributed by atoms with Gasteiger partial charge in [-0.3, -0.25) is 0 Å². The van der Waals surface area contributed by atoms with Crippen molar-refractivity contribution in [1.82, 2.24) is 0 Å². The first-order valence-corrected chi connectivity index (χ1v) is 6.47. The van der Waals surface area contributed by atoms with Crippen LogP contribution in [0.2, 0.25) is 0 Å². The first-order valence-electron chi connectivity index (χ1n) is 5.21. The zero-order chi connectivity index (χ0) is 10.7. The van der Waals surface area contributed by atoms with Crippen LogP contribution in [0, 0.1) is 19.8 Å². The molecule has 0 aliphatic heterocycles. The van der Waals surface area contributed by atoms with E-state index in [1.807, 2.05) is 11.3 Å². The van der Waals surface area contributed by atoms with Crippen molar-refractivity contribution in [3.63, 3.8) is 0 Å². The molecule has 0 radical (unpaired) electrons. The van der Waals surface area contributed by atoms with Gasteiger partial charge in [0.1, 0.15) is 0 Å². The van der Waals surface area contributed by atoms with Crippen molar-refractivity contribution in [3.05, 3.63) is 21.4 Å². The molecule has 0 aliphatic rings. The topological polar surface area (TPSA) is 0 Å². The van der Waals surface area contributed by atoms with E-state index in [1.54, 1.807) is 0 Å². The van der Waals surface area contributed by atoms with Crippen LogP contribution in [0.5, 0.6) is 0 Å². The standard InChI is InChI=1S/C12H19ClS/c1-8(2)5-6-11(13)12-9(3)7-10(4)14-12/h7-8,11H,5-6H2,1-4H3. The van der Waals surface area contributed by atoms with Crippen LogP contribution in [0.15, 0.2) is 6.07 Å². The molecule has 1 aromatic heterocycles. The van der Waals surface area contributed by atoms with E-state index in [0.717, 1.165) is 12.3 Å². The molecule has 1 aromatic rings. The SMILES string of the molecule is Cc1cc(C)c(C(Cl)CCC(C)C)s1. The molecular weight excluding hydrogens is 212 g/mol. The molecule has 1 heterocycles. The highest BCUT2D eigenvalue weighted by Crippen LogP contribution is 2.35. The Morgan fingerprint density at radius 2 is 1.93 bits per heavy atom. The Hall–Kier alpha value is -0.0100. The van der Waals surface area contributed by atoms with Gasteiger partial charge in [-0.05, 0) is 44.2 Å². The summed E-state index contributed by atoms with van der Waals surface area (Å²) < 4.78 is 0. The third-order valence-electron chi connectivity index (χ3n) is 2.36. The minimum atomic E-state index is 0.219. The van der Waals surface area contributed by atoms with Crippen LogP contribution >= 0.6 is 22.9 Å². The first kappa shape index (κ1) is 12.1. The molecule has 0 spiro atoms. The number of halogens is 1. The van der Waals surface area contributed by atoms with Crippen molar-refractivity contribution in [2.45, 2.75) is 45.9 Å². The third-order valence-corrected chi connectivity index (χ3v) is 4.19. The summed E-state index contributed by atoms with van der Waals surface area (Å²) in [6.07, 6.45) is 2.31. The maximum atomic E-state index is 6.38. The van der Waals surface area contributed by atoms with E-state index in [2.05, 4.69) is 33.8 Å². The number of hydrogen-bond donors (Lipinski definition) is 0. The number of hydrogen-bond acceptors (Lipinski definition) is 1. The van der Waals surface area contributed by atoms with Crippen LogP contribution < -0.4 is 0 Å². The van der Waals surface area contributed by atoms with Gasteiger partial charge < -0.3 is 0 Å². The van der Waals surface area contributed by atoms with Gasteiger partial charge in [0.05, 0.1) is 5.38 Å². The minimum absolute atomic E-state index is 0.219. The van der Waals surface area contributed by atoms with Crippen molar-refractivity contribution in [1.29, 1.82) is 0 Å². The predicted molar refractivity (Wildman–Crippen MR) is 66.5 cm³/mol. The van der Waals surface area contributed by atoms with Crippen LogP contribution in [0.4, 0.5) is 0 Å². The summed E-state index contributed by atoms with van der Waals surface area (Å²) in [5.41, 5.74) is 1.36. The van der Waals surface area contributed by atoms with Crippen molar-refractivity contribution in [2.24, 2.45) is 5.92 Å². The Bertz CT molecular complexity index is 289. The maximum absolute atomic E-state index is 6.38. The molecule has 0 aromatic carbocycles. The molecule has 0 nitrogen and oxygen atoms in total. The van der Waals surface area contributed by atoms with E-state index in [1.165, 1.54) is 21.7 Å². The van der Waals surface area contributed by atoms with Gasteiger partial charge in [0.2, 0.25) is 0 Å². The van der Waals surface area contributed by atoms with Gasteiger partial charge in [0.15, 0.2) is 0 Å². The Morgan fingerprint density at radius 1 is 1.29 bits per heavy atom. The van der Waals surface area contributed by atoms with Gasteiger partial charge in [0, 0.05) is 9.75 Å². The lowest BCUT2D eigenvalue weighted by atomic mass is 10.0. The molecule has 0 bridgehead atoms. The molecule has 0 saturated heterocycles. The molecule has 0 N–H and O–H groups in total. The largest absolute Gasteiger partial charge is 0.144 e. The summed E-state index contributed by atoms with van der Waals surface area (Å²) >= 11 is 8.22. The Kier molecular flexibility index (Phi) is 4.46. The lowest BCUT2D eigenvalue weighted by Crippen LogP contribution is -1.93. The van der Waals surface area contributed by atoms with E-state index in [-0.39, 0.29) is 5.38 Å². The van der Waals surface area contributed by atoms with Crippen LogP contribution in [0.3, 0.4) is 0 Å². The molecule has 1 rings (SSSR count). The zero-order valence-electron chi connectivity index (χ0n) is 9.43. The van der Waals surface area contributed by atoms with E-state index in [0.29, 0.717) is 0 Å². The summed E-state index contributed by atoms with van der Waals surface area (Å²) in [6, 6.07) is 2.23.